The van der Waals surface area contributed by atoms with Crippen molar-refractivity contribution >= 4 is 39.8 Å². The lowest BCUT2D eigenvalue weighted by molar-refractivity contribution is -0.131. The summed E-state index contributed by atoms with van der Waals surface area (Å²) in [6, 6.07) is 4.37. The van der Waals surface area contributed by atoms with Gasteiger partial charge in [-0.1, -0.05) is 11.6 Å². The summed E-state index contributed by atoms with van der Waals surface area (Å²) < 4.78 is 7.36. The molecule has 2 aromatic heterocycles. The molecule has 1 N–H and O–H groups in total. The molecule has 0 spiro atoms. The molecule has 1 aromatic carbocycles. The van der Waals surface area contributed by atoms with Crippen LogP contribution in [0.5, 0.6) is 0 Å². The van der Waals surface area contributed by atoms with Gasteiger partial charge in [0.15, 0.2) is 5.15 Å². The molecule has 0 atom stereocenters. The molecule has 1 saturated carbocycles. The number of aryl methyl sites for hydroxylation is 1. The second-order valence-electron chi connectivity index (χ2n) is 10.2. The van der Waals surface area contributed by atoms with Gasteiger partial charge in [-0.15, -0.1) is 0 Å². The van der Waals surface area contributed by atoms with Crippen LogP contribution >= 0.6 is 11.6 Å². The van der Waals surface area contributed by atoms with Gasteiger partial charge in [-0.2, -0.15) is 5.10 Å². The lowest BCUT2D eigenvalue weighted by Crippen LogP contribution is -2.64. The number of halogens is 1. The molecule has 3 aliphatic rings. The van der Waals surface area contributed by atoms with Crippen LogP contribution in [0.25, 0.3) is 10.9 Å². The number of nitrogens with zero attached hydrogens (tertiary/aromatic N) is 6. The van der Waals surface area contributed by atoms with Crippen molar-refractivity contribution in [3.05, 3.63) is 35.2 Å². The van der Waals surface area contributed by atoms with Crippen LogP contribution in [0.3, 0.4) is 0 Å². The van der Waals surface area contributed by atoms with Crippen LogP contribution in [-0.4, -0.2) is 69.6 Å². The van der Waals surface area contributed by atoms with Gasteiger partial charge in [-0.05, 0) is 51.3 Å². The van der Waals surface area contributed by atoms with Crippen molar-refractivity contribution in [3.8, 4) is 0 Å². The molecule has 1 aliphatic carbocycles. The highest BCUT2D eigenvalue weighted by molar-refractivity contribution is 6.32. The van der Waals surface area contributed by atoms with Crippen molar-refractivity contribution < 1.29 is 4.74 Å². The maximum Gasteiger partial charge on any atom is 0.227 e. The Kier molecular flexibility index (Phi) is 4.83. The Balaban J connectivity index is 1.23. The highest BCUT2D eigenvalue weighted by atomic mass is 35.5. The Labute approximate surface area is 198 Å². The lowest BCUT2D eigenvalue weighted by Gasteiger charge is -2.50. The number of rotatable bonds is 5. The summed E-state index contributed by atoms with van der Waals surface area (Å²) in [6.45, 7) is 12.4. The molecule has 2 saturated heterocycles. The number of anilines is 3. The predicted octanol–water partition coefficient (Wildman–Crippen LogP) is 3.95. The van der Waals surface area contributed by atoms with Crippen molar-refractivity contribution in [1.29, 1.82) is 0 Å². The summed E-state index contributed by atoms with van der Waals surface area (Å²) in [4.78, 5) is 14.4. The zero-order chi connectivity index (χ0) is 22.8. The SMILES string of the molecule is Cc1cc2cnc(Nc3cnn(C4(C)CC4)c3Cl)nc2cc1N1CCN(C2(C)COC2)CC1. The van der Waals surface area contributed by atoms with E-state index in [4.69, 9.17) is 21.3 Å². The number of benzene rings is 1. The van der Waals surface area contributed by atoms with Gasteiger partial charge in [0.2, 0.25) is 5.95 Å². The lowest BCUT2D eigenvalue weighted by atomic mass is 9.96. The third-order valence-corrected chi connectivity index (χ3v) is 7.91. The summed E-state index contributed by atoms with van der Waals surface area (Å²) in [6.07, 6.45) is 5.83. The first-order valence-electron chi connectivity index (χ1n) is 11.7. The van der Waals surface area contributed by atoms with Gasteiger partial charge in [0, 0.05) is 43.4 Å². The van der Waals surface area contributed by atoms with E-state index in [0.29, 0.717) is 11.1 Å². The molecule has 8 nitrogen and oxygen atoms in total. The van der Waals surface area contributed by atoms with Gasteiger partial charge in [0.1, 0.15) is 0 Å². The number of piperazine rings is 1. The minimum Gasteiger partial charge on any atom is -0.377 e. The fourth-order valence-electron chi connectivity index (χ4n) is 4.96. The Morgan fingerprint density at radius 2 is 1.79 bits per heavy atom. The normalized spacial score (nSPS) is 21.8. The van der Waals surface area contributed by atoms with E-state index in [2.05, 4.69) is 58.1 Å². The molecular formula is C24H30ClN7O. The molecule has 3 aromatic rings. The van der Waals surface area contributed by atoms with Crippen molar-refractivity contribution in [3.63, 3.8) is 0 Å². The van der Waals surface area contributed by atoms with Crippen molar-refractivity contribution in [2.24, 2.45) is 0 Å². The molecule has 33 heavy (non-hydrogen) atoms. The molecule has 6 rings (SSSR count). The summed E-state index contributed by atoms with van der Waals surface area (Å²) >= 11 is 6.59. The standard InChI is InChI=1S/C24H30ClN7O/c1-16-10-17-12-26-22(29-19-13-27-32(21(19)25)23(2)4-5-23)28-18(17)11-20(16)30-6-8-31(9-7-30)24(3)14-33-15-24/h10-13H,4-9,14-15H2,1-3H3,(H,26,28,29). The van der Waals surface area contributed by atoms with Crippen LogP contribution < -0.4 is 10.2 Å². The molecule has 4 heterocycles. The monoisotopic (exact) mass is 467 g/mol. The Morgan fingerprint density at radius 1 is 1.03 bits per heavy atom. The van der Waals surface area contributed by atoms with Crippen LogP contribution in [0.4, 0.5) is 17.3 Å². The molecule has 174 valence electrons. The smallest absolute Gasteiger partial charge is 0.227 e. The van der Waals surface area contributed by atoms with Crippen molar-refractivity contribution in [2.75, 3.05) is 49.6 Å². The summed E-state index contributed by atoms with van der Waals surface area (Å²) in [5.74, 6) is 0.530. The van der Waals surface area contributed by atoms with E-state index in [1.54, 1.807) is 6.20 Å². The largest absolute Gasteiger partial charge is 0.377 e. The minimum absolute atomic E-state index is 0.0424. The molecule has 0 unspecified atom stereocenters. The maximum atomic E-state index is 6.59. The van der Waals surface area contributed by atoms with E-state index in [-0.39, 0.29) is 11.1 Å². The second kappa shape index (κ2) is 7.55. The minimum atomic E-state index is 0.0424. The topological polar surface area (TPSA) is 71.3 Å². The van der Waals surface area contributed by atoms with Crippen molar-refractivity contribution in [2.45, 2.75) is 44.7 Å². The number of ether oxygens (including phenoxy) is 1. The molecule has 0 bridgehead atoms. The van der Waals surface area contributed by atoms with E-state index < -0.39 is 0 Å². The van der Waals surface area contributed by atoms with Gasteiger partial charge in [0.05, 0.1) is 41.7 Å². The number of nitrogens with one attached hydrogen (secondary N) is 1. The average molecular weight is 468 g/mol. The van der Waals surface area contributed by atoms with Crippen LogP contribution in [0, 0.1) is 6.92 Å². The first-order valence-corrected chi connectivity index (χ1v) is 12.1. The quantitative estimate of drug-likeness (QED) is 0.609. The van der Waals surface area contributed by atoms with Gasteiger partial charge in [-0.25, -0.2) is 14.6 Å². The van der Waals surface area contributed by atoms with Gasteiger partial charge < -0.3 is 15.0 Å². The molecule has 3 fully saturated rings. The zero-order valence-corrected chi connectivity index (χ0v) is 20.2. The second-order valence-corrected chi connectivity index (χ2v) is 10.6. The molecule has 2 aliphatic heterocycles. The van der Waals surface area contributed by atoms with E-state index in [1.165, 1.54) is 11.3 Å². The van der Waals surface area contributed by atoms with Crippen LogP contribution in [0.1, 0.15) is 32.3 Å². The fraction of sp³-hybridized carbons (Fsp3) is 0.542. The van der Waals surface area contributed by atoms with Gasteiger partial charge in [0.25, 0.3) is 0 Å². The highest BCUT2D eigenvalue weighted by Crippen LogP contribution is 2.45. The fourth-order valence-corrected chi connectivity index (χ4v) is 5.30. The number of aromatic nitrogens is 4. The average Bonchev–Trinajstić information content (AvgIpc) is 3.43. The Morgan fingerprint density at radius 3 is 2.45 bits per heavy atom. The zero-order valence-electron chi connectivity index (χ0n) is 19.4. The van der Waals surface area contributed by atoms with Gasteiger partial charge >= 0.3 is 0 Å². The first-order chi connectivity index (χ1) is 15.8. The third kappa shape index (κ3) is 3.64. The van der Waals surface area contributed by atoms with E-state index in [9.17, 15) is 0 Å². The van der Waals surface area contributed by atoms with Crippen LogP contribution in [0.2, 0.25) is 5.15 Å². The third-order valence-electron chi connectivity index (χ3n) is 7.55. The van der Waals surface area contributed by atoms with Crippen LogP contribution in [-0.2, 0) is 10.3 Å². The summed E-state index contributed by atoms with van der Waals surface area (Å²) in [7, 11) is 0. The molecule has 9 heteroatoms. The van der Waals surface area contributed by atoms with E-state index in [0.717, 1.165) is 68.8 Å². The number of hydrogen-bond acceptors (Lipinski definition) is 7. The Bertz CT molecular complexity index is 1210. The summed E-state index contributed by atoms with van der Waals surface area (Å²) in [5, 5.41) is 9.38. The highest BCUT2D eigenvalue weighted by Gasteiger charge is 2.42. The van der Waals surface area contributed by atoms with E-state index >= 15 is 0 Å². The van der Waals surface area contributed by atoms with Gasteiger partial charge in [-0.3, -0.25) is 4.90 Å². The first kappa shape index (κ1) is 21.1. The predicted molar refractivity (Wildman–Crippen MR) is 131 cm³/mol. The molecular weight excluding hydrogens is 438 g/mol. The maximum absolute atomic E-state index is 6.59. The summed E-state index contributed by atoms with van der Waals surface area (Å²) in [5.41, 5.74) is 4.41. The number of hydrogen-bond donors (Lipinski definition) is 1. The molecule has 0 amide bonds. The van der Waals surface area contributed by atoms with E-state index in [1.807, 2.05) is 10.9 Å². The van der Waals surface area contributed by atoms with Crippen molar-refractivity contribution in [1.82, 2.24) is 24.6 Å². The molecule has 0 radical (unpaired) electrons. The van der Waals surface area contributed by atoms with Crippen LogP contribution in [0.15, 0.2) is 24.5 Å². The number of fused-ring (bicyclic) bond motifs is 1. The Hall–Kier alpha value is -2.42.